The first-order chi connectivity index (χ1) is 9.67. The average molecular weight is 356 g/mol. The molecule has 6 heteroatoms. The molecule has 0 aliphatic heterocycles. The van der Waals surface area contributed by atoms with Gasteiger partial charge in [0.15, 0.2) is 11.5 Å². The number of hydrogen-bond acceptors (Lipinski definition) is 4. The Morgan fingerprint density at radius 1 is 1.30 bits per heavy atom. The smallest absolute Gasteiger partial charge is 0.255 e. The molecule has 1 aromatic heterocycles. The fourth-order valence-corrected chi connectivity index (χ4v) is 3.21. The summed E-state index contributed by atoms with van der Waals surface area (Å²) in [5, 5.41) is 4.84. The molecule has 1 aromatic carbocycles. The second kappa shape index (κ2) is 6.76. The van der Waals surface area contributed by atoms with Crippen molar-refractivity contribution in [3.05, 3.63) is 44.6 Å². The van der Waals surface area contributed by atoms with Gasteiger partial charge in [-0.3, -0.25) is 4.79 Å². The molecular formula is C14H14BrNO3S. The fraction of sp³-hybridized carbons (Fsp3) is 0.214. The Hall–Kier alpha value is -1.53. The molecule has 0 bridgehead atoms. The van der Waals surface area contributed by atoms with Gasteiger partial charge >= 0.3 is 0 Å². The summed E-state index contributed by atoms with van der Waals surface area (Å²) < 4.78 is 11.4. The Morgan fingerprint density at radius 3 is 2.70 bits per heavy atom. The molecule has 1 heterocycles. The van der Waals surface area contributed by atoms with Gasteiger partial charge in [-0.2, -0.15) is 0 Å². The van der Waals surface area contributed by atoms with E-state index in [1.54, 1.807) is 36.6 Å². The zero-order valence-electron chi connectivity index (χ0n) is 11.1. The first-order valence-electron chi connectivity index (χ1n) is 5.88. The monoisotopic (exact) mass is 355 g/mol. The van der Waals surface area contributed by atoms with E-state index in [0.717, 1.165) is 9.35 Å². The van der Waals surface area contributed by atoms with Crippen molar-refractivity contribution in [2.24, 2.45) is 0 Å². The minimum Gasteiger partial charge on any atom is -0.493 e. The molecule has 0 aliphatic carbocycles. The van der Waals surface area contributed by atoms with Crippen LogP contribution in [0.1, 0.15) is 15.2 Å². The van der Waals surface area contributed by atoms with E-state index in [9.17, 15) is 4.79 Å². The molecule has 0 fully saturated rings. The highest BCUT2D eigenvalue weighted by Gasteiger charge is 2.16. The first-order valence-corrected chi connectivity index (χ1v) is 7.55. The van der Waals surface area contributed by atoms with Gasteiger partial charge in [-0.15, -0.1) is 11.3 Å². The number of benzene rings is 1. The number of halogens is 1. The number of carbonyl (C=O) groups is 1. The number of methoxy groups -OCH3 is 2. The zero-order valence-corrected chi connectivity index (χ0v) is 13.5. The second-order valence-corrected chi connectivity index (χ2v) is 5.77. The van der Waals surface area contributed by atoms with Gasteiger partial charge in [0.25, 0.3) is 5.91 Å². The molecule has 1 N–H and O–H groups in total. The van der Waals surface area contributed by atoms with E-state index in [2.05, 4.69) is 21.2 Å². The minimum absolute atomic E-state index is 0.193. The van der Waals surface area contributed by atoms with E-state index in [0.29, 0.717) is 23.6 Å². The molecular weight excluding hydrogens is 342 g/mol. The van der Waals surface area contributed by atoms with E-state index in [4.69, 9.17) is 9.47 Å². The Morgan fingerprint density at radius 2 is 2.10 bits per heavy atom. The highest BCUT2D eigenvalue weighted by molar-refractivity contribution is 9.10. The van der Waals surface area contributed by atoms with Crippen molar-refractivity contribution >= 4 is 33.2 Å². The molecule has 20 heavy (non-hydrogen) atoms. The van der Waals surface area contributed by atoms with E-state index in [1.165, 1.54) is 7.11 Å². The van der Waals surface area contributed by atoms with Gasteiger partial charge in [0.1, 0.15) is 0 Å². The van der Waals surface area contributed by atoms with Crippen LogP contribution in [0.3, 0.4) is 0 Å². The third-order valence-corrected chi connectivity index (χ3v) is 4.67. The molecule has 0 atom stereocenters. The molecule has 2 rings (SSSR count). The maximum absolute atomic E-state index is 12.2. The molecule has 0 aliphatic rings. The molecule has 0 radical (unpaired) electrons. The van der Waals surface area contributed by atoms with E-state index in [1.807, 2.05) is 11.4 Å². The lowest BCUT2D eigenvalue weighted by atomic mass is 10.1. The predicted octanol–water partition coefficient (Wildman–Crippen LogP) is 3.46. The van der Waals surface area contributed by atoms with Gasteiger partial charge in [-0.25, -0.2) is 0 Å². The lowest BCUT2D eigenvalue weighted by Crippen LogP contribution is -2.23. The van der Waals surface area contributed by atoms with Gasteiger partial charge in [-0.1, -0.05) is 6.07 Å². The van der Waals surface area contributed by atoms with Crippen molar-refractivity contribution in [1.82, 2.24) is 5.32 Å². The van der Waals surface area contributed by atoms with E-state index >= 15 is 0 Å². The molecule has 0 unspecified atom stereocenters. The van der Waals surface area contributed by atoms with Gasteiger partial charge in [0, 0.05) is 9.35 Å². The van der Waals surface area contributed by atoms with Gasteiger partial charge in [-0.05, 0) is 39.5 Å². The number of hydrogen-bond donors (Lipinski definition) is 1. The normalized spacial score (nSPS) is 10.2. The van der Waals surface area contributed by atoms with Crippen molar-refractivity contribution in [2.75, 3.05) is 14.2 Å². The number of carbonyl (C=O) groups excluding carboxylic acids is 1. The highest BCUT2D eigenvalue weighted by Crippen LogP contribution is 2.30. The number of nitrogens with one attached hydrogen (secondary N) is 1. The maximum atomic E-state index is 12.2. The zero-order chi connectivity index (χ0) is 14.5. The summed E-state index contributed by atoms with van der Waals surface area (Å²) in [4.78, 5) is 13.3. The van der Waals surface area contributed by atoms with Gasteiger partial charge in [0.05, 0.1) is 26.3 Å². The van der Waals surface area contributed by atoms with Crippen LogP contribution in [0.25, 0.3) is 0 Å². The summed E-state index contributed by atoms with van der Waals surface area (Å²) in [5.74, 6) is 0.788. The van der Waals surface area contributed by atoms with Crippen LogP contribution in [0.15, 0.2) is 34.1 Å². The molecule has 1 amide bonds. The molecule has 0 saturated carbocycles. The third kappa shape index (κ3) is 3.13. The lowest BCUT2D eigenvalue weighted by Gasteiger charge is -2.12. The Balaban J connectivity index is 2.15. The number of para-hydroxylation sites is 1. The van der Waals surface area contributed by atoms with Crippen LogP contribution in [-0.2, 0) is 6.54 Å². The Bertz CT molecular complexity index is 612. The summed E-state index contributed by atoms with van der Waals surface area (Å²) in [6.45, 7) is 0.470. The van der Waals surface area contributed by atoms with Crippen LogP contribution in [0.5, 0.6) is 11.5 Å². The number of rotatable bonds is 5. The van der Waals surface area contributed by atoms with Crippen LogP contribution < -0.4 is 14.8 Å². The number of thiophene rings is 1. The highest BCUT2D eigenvalue weighted by atomic mass is 79.9. The van der Waals surface area contributed by atoms with Crippen LogP contribution in [0, 0.1) is 0 Å². The van der Waals surface area contributed by atoms with Crippen molar-refractivity contribution in [1.29, 1.82) is 0 Å². The average Bonchev–Trinajstić information content (AvgIpc) is 2.89. The minimum atomic E-state index is -0.193. The van der Waals surface area contributed by atoms with Crippen molar-refractivity contribution in [2.45, 2.75) is 6.54 Å². The van der Waals surface area contributed by atoms with Crippen LogP contribution in [0.2, 0.25) is 0 Å². The Kier molecular flexibility index (Phi) is 5.03. The summed E-state index contributed by atoms with van der Waals surface area (Å²) in [6.07, 6.45) is 0. The fourth-order valence-electron chi connectivity index (χ4n) is 1.77. The van der Waals surface area contributed by atoms with Crippen molar-refractivity contribution in [3.63, 3.8) is 0 Å². The van der Waals surface area contributed by atoms with E-state index in [-0.39, 0.29) is 5.91 Å². The van der Waals surface area contributed by atoms with Crippen molar-refractivity contribution in [3.8, 4) is 11.5 Å². The van der Waals surface area contributed by atoms with Gasteiger partial charge < -0.3 is 14.8 Å². The molecule has 2 aromatic rings. The quantitative estimate of drug-likeness (QED) is 0.893. The standard InChI is InChI=1S/C14H14BrNO3S/c1-18-11-5-3-4-9(13(11)19-2)14(17)16-8-12-10(15)6-7-20-12/h3-7H,8H2,1-2H3,(H,16,17). The summed E-state index contributed by atoms with van der Waals surface area (Å²) in [6, 6.07) is 7.18. The first kappa shape index (κ1) is 14.9. The Labute approximate surface area is 129 Å². The molecule has 4 nitrogen and oxygen atoms in total. The molecule has 0 saturated heterocycles. The number of ether oxygens (including phenoxy) is 2. The second-order valence-electron chi connectivity index (χ2n) is 3.92. The van der Waals surface area contributed by atoms with Crippen LogP contribution >= 0.6 is 27.3 Å². The van der Waals surface area contributed by atoms with Crippen molar-refractivity contribution < 1.29 is 14.3 Å². The molecule has 106 valence electrons. The summed E-state index contributed by atoms with van der Waals surface area (Å²) in [5.41, 5.74) is 0.458. The van der Waals surface area contributed by atoms with E-state index < -0.39 is 0 Å². The summed E-state index contributed by atoms with van der Waals surface area (Å²) in [7, 11) is 3.06. The van der Waals surface area contributed by atoms with Gasteiger partial charge in [0.2, 0.25) is 0 Å². The summed E-state index contributed by atoms with van der Waals surface area (Å²) >= 11 is 5.02. The van der Waals surface area contributed by atoms with Crippen LogP contribution in [0.4, 0.5) is 0 Å². The predicted molar refractivity (Wildman–Crippen MR) is 82.7 cm³/mol. The topological polar surface area (TPSA) is 47.6 Å². The molecule has 0 spiro atoms. The largest absolute Gasteiger partial charge is 0.493 e. The third-order valence-electron chi connectivity index (χ3n) is 2.75. The maximum Gasteiger partial charge on any atom is 0.255 e. The lowest BCUT2D eigenvalue weighted by molar-refractivity contribution is 0.0947. The van der Waals surface area contributed by atoms with Crippen LogP contribution in [-0.4, -0.2) is 20.1 Å². The number of amides is 1. The SMILES string of the molecule is COc1cccc(C(=O)NCc2sccc2Br)c1OC.